The molecule has 1 aromatic rings. The molecule has 0 radical (unpaired) electrons. The van der Waals surface area contributed by atoms with Gasteiger partial charge in [0.25, 0.3) is 0 Å². The molecule has 0 amide bonds. The van der Waals surface area contributed by atoms with E-state index in [2.05, 4.69) is 6.58 Å². The lowest BCUT2D eigenvalue weighted by Crippen LogP contribution is -2.08. The Balaban J connectivity index is 2.53. The molecule has 1 aromatic carbocycles. The first-order chi connectivity index (χ1) is 8.11. The molecule has 0 spiro atoms. The number of hydrogen-bond acceptors (Lipinski definition) is 3. The molecule has 0 saturated heterocycles. The number of hydrogen-bond donors (Lipinski definition) is 1. The van der Waals surface area contributed by atoms with Crippen LogP contribution in [0.5, 0.6) is 0 Å². The largest absolute Gasteiger partial charge is 0.481 e. The van der Waals surface area contributed by atoms with Crippen LogP contribution in [0.2, 0.25) is 0 Å². The van der Waals surface area contributed by atoms with E-state index in [4.69, 9.17) is 9.84 Å². The summed E-state index contributed by atoms with van der Waals surface area (Å²) >= 11 is 0. The van der Waals surface area contributed by atoms with Gasteiger partial charge in [-0.2, -0.15) is 0 Å². The van der Waals surface area contributed by atoms with Gasteiger partial charge in [0, 0.05) is 0 Å². The van der Waals surface area contributed by atoms with Crippen molar-refractivity contribution >= 4 is 11.9 Å². The summed E-state index contributed by atoms with van der Waals surface area (Å²) in [4.78, 5) is 21.7. The van der Waals surface area contributed by atoms with Crippen LogP contribution in [-0.2, 0) is 27.2 Å². The second-order valence-corrected chi connectivity index (χ2v) is 3.54. The lowest BCUT2D eigenvalue weighted by Gasteiger charge is -2.03. The fraction of sp³-hybridized carbons (Fsp3) is 0.231. The van der Waals surface area contributed by atoms with E-state index in [9.17, 15) is 9.59 Å². The summed E-state index contributed by atoms with van der Waals surface area (Å²) in [7, 11) is 0. The van der Waals surface area contributed by atoms with Crippen LogP contribution in [0.4, 0.5) is 0 Å². The molecule has 90 valence electrons. The van der Waals surface area contributed by atoms with E-state index in [1.807, 2.05) is 0 Å². The molecule has 0 fully saturated rings. The molecular formula is C13H14O4. The molecule has 4 heteroatoms. The molecule has 1 N–H and O–H groups in total. The van der Waals surface area contributed by atoms with Gasteiger partial charge in [-0.15, -0.1) is 0 Å². The minimum Gasteiger partial charge on any atom is -0.481 e. The van der Waals surface area contributed by atoms with Crippen LogP contribution in [0, 0.1) is 0 Å². The number of esters is 1. The van der Waals surface area contributed by atoms with Crippen molar-refractivity contribution in [2.45, 2.75) is 12.8 Å². The van der Waals surface area contributed by atoms with Crippen LogP contribution < -0.4 is 0 Å². The third-order valence-corrected chi connectivity index (χ3v) is 2.09. The number of aliphatic carboxylic acids is 1. The van der Waals surface area contributed by atoms with Gasteiger partial charge in [-0.3, -0.25) is 9.59 Å². The molecule has 0 aliphatic heterocycles. The maximum atomic E-state index is 11.3. The van der Waals surface area contributed by atoms with E-state index in [1.165, 1.54) is 6.08 Å². The first-order valence-electron chi connectivity index (χ1n) is 5.18. The standard InChI is InChI=1S/C13H14O4/c1-2-7-17-13(16)9-11-5-3-10(4-6-11)8-12(14)15/h2-6H,1,7-9H2,(H,14,15). The molecule has 0 saturated carbocycles. The van der Waals surface area contributed by atoms with Gasteiger partial charge in [-0.05, 0) is 11.1 Å². The molecule has 0 aromatic heterocycles. The topological polar surface area (TPSA) is 63.6 Å². The van der Waals surface area contributed by atoms with Gasteiger partial charge in [0.1, 0.15) is 6.61 Å². The monoisotopic (exact) mass is 234 g/mol. The summed E-state index contributed by atoms with van der Waals surface area (Å²) in [5, 5.41) is 8.60. The van der Waals surface area contributed by atoms with E-state index in [0.29, 0.717) is 5.56 Å². The van der Waals surface area contributed by atoms with Crippen molar-refractivity contribution in [2.75, 3.05) is 6.61 Å². The second kappa shape index (κ2) is 6.48. The van der Waals surface area contributed by atoms with Crippen LogP contribution >= 0.6 is 0 Å². The normalized spacial score (nSPS) is 9.65. The Kier molecular flexibility index (Phi) is 4.94. The third-order valence-electron chi connectivity index (χ3n) is 2.09. The molecule has 0 heterocycles. The van der Waals surface area contributed by atoms with E-state index in [0.717, 1.165) is 5.56 Å². The number of carbonyl (C=O) groups excluding carboxylic acids is 1. The summed E-state index contributed by atoms with van der Waals surface area (Å²) in [6.07, 6.45) is 1.68. The number of carboxylic acid groups (broad SMARTS) is 1. The summed E-state index contributed by atoms with van der Waals surface area (Å²) in [5.74, 6) is -1.20. The quantitative estimate of drug-likeness (QED) is 0.599. The SMILES string of the molecule is C=CCOC(=O)Cc1ccc(CC(=O)O)cc1. The summed E-state index contributed by atoms with van der Waals surface area (Å²) in [6.45, 7) is 3.65. The highest BCUT2D eigenvalue weighted by atomic mass is 16.5. The third kappa shape index (κ3) is 4.97. The Morgan fingerprint density at radius 3 is 2.18 bits per heavy atom. The number of ether oxygens (including phenoxy) is 1. The Morgan fingerprint density at radius 1 is 1.18 bits per heavy atom. The van der Waals surface area contributed by atoms with E-state index < -0.39 is 5.97 Å². The predicted molar refractivity (Wildman–Crippen MR) is 62.6 cm³/mol. The highest BCUT2D eigenvalue weighted by molar-refractivity contribution is 5.73. The van der Waals surface area contributed by atoms with Crippen molar-refractivity contribution in [1.29, 1.82) is 0 Å². The van der Waals surface area contributed by atoms with Crippen molar-refractivity contribution in [3.05, 3.63) is 48.0 Å². The van der Waals surface area contributed by atoms with Crippen LogP contribution in [0.1, 0.15) is 11.1 Å². The molecule has 0 atom stereocenters. The second-order valence-electron chi connectivity index (χ2n) is 3.54. The summed E-state index contributed by atoms with van der Waals surface area (Å²) in [6, 6.07) is 6.86. The van der Waals surface area contributed by atoms with Crippen LogP contribution in [-0.4, -0.2) is 23.7 Å². The maximum absolute atomic E-state index is 11.3. The zero-order valence-electron chi connectivity index (χ0n) is 9.39. The van der Waals surface area contributed by atoms with Crippen molar-refractivity contribution in [3.8, 4) is 0 Å². The molecule has 4 nitrogen and oxygen atoms in total. The highest BCUT2D eigenvalue weighted by Crippen LogP contribution is 2.06. The molecule has 0 aliphatic carbocycles. The van der Waals surface area contributed by atoms with Crippen LogP contribution in [0.15, 0.2) is 36.9 Å². The van der Waals surface area contributed by atoms with Gasteiger partial charge in [0.2, 0.25) is 0 Å². The summed E-state index contributed by atoms with van der Waals surface area (Å²) < 4.78 is 4.84. The van der Waals surface area contributed by atoms with Gasteiger partial charge >= 0.3 is 11.9 Å². The molecule has 0 unspecified atom stereocenters. The minimum absolute atomic E-state index is 0.0127. The summed E-state index contributed by atoms with van der Waals surface area (Å²) in [5.41, 5.74) is 1.51. The smallest absolute Gasteiger partial charge is 0.310 e. The zero-order chi connectivity index (χ0) is 12.7. The van der Waals surface area contributed by atoms with Gasteiger partial charge in [-0.25, -0.2) is 0 Å². The lowest BCUT2D eigenvalue weighted by molar-refractivity contribution is -0.141. The predicted octanol–water partition coefficient (Wildman–Crippen LogP) is 1.59. The molecular weight excluding hydrogens is 220 g/mol. The average Bonchev–Trinajstić information content (AvgIpc) is 2.28. The Labute approximate surface area is 99.5 Å². The molecule has 0 bridgehead atoms. The van der Waals surface area contributed by atoms with Gasteiger partial charge < -0.3 is 9.84 Å². The van der Waals surface area contributed by atoms with E-state index in [-0.39, 0.29) is 25.4 Å². The minimum atomic E-state index is -0.872. The Bertz CT molecular complexity index is 406. The van der Waals surface area contributed by atoms with E-state index >= 15 is 0 Å². The van der Waals surface area contributed by atoms with Crippen LogP contribution in [0.3, 0.4) is 0 Å². The van der Waals surface area contributed by atoms with E-state index in [1.54, 1.807) is 24.3 Å². The van der Waals surface area contributed by atoms with Gasteiger partial charge in [0.15, 0.2) is 0 Å². The Hall–Kier alpha value is -2.10. The van der Waals surface area contributed by atoms with Crippen molar-refractivity contribution in [2.24, 2.45) is 0 Å². The lowest BCUT2D eigenvalue weighted by atomic mass is 10.1. The number of benzene rings is 1. The first-order valence-corrected chi connectivity index (χ1v) is 5.18. The van der Waals surface area contributed by atoms with Gasteiger partial charge in [-0.1, -0.05) is 36.9 Å². The fourth-order valence-corrected chi connectivity index (χ4v) is 1.32. The zero-order valence-corrected chi connectivity index (χ0v) is 9.39. The average molecular weight is 234 g/mol. The van der Waals surface area contributed by atoms with Crippen molar-refractivity contribution < 1.29 is 19.4 Å². The highest BCUT2D eigenvalue weighted by Gasteiger charge is 2.05. The first kappa shape index (κ1) is 13.0. The molecule has 0 aliphatic rings. The van der Waals surface area contributed by atoms with Crippen molar-refractivity contribution in [1.82, 2.24) is 0 Å². The molecule has 17 heavy (non-hydrogen) atoms. The number of rotatable bonds is 6. The molecule has 1 rings (SSSR count). The van der Waals surface area contributed by atoms with Crippen molar-refractivity contribution in [3.63, 3.8) is 0 Å². The Morgan fingerprint density at radius 2 is 1.71 bits per heavy atom. The van der Waals surface area contributed by atoms with Crippen LogP contribution in [0.25, 0.3) is 0 Å². The maximum Gasteiger partial charge on any atom is 0.310 e. The fourth-order valence-electron chi connectivity index (χ4n) is 1.32. The number of carbonyl (C=O) groups is 2. The van der Waals surface area contributed by atoms with Gasteiger partial charge in [0.05, 0.1) is 12.8 Å². The number of carboxylic acids is 1.